The van der Waals surface area contributed by atoms with Crippen molar-refractivity contribution in [2.24, 2.45) is 5.41 Å². The number of amides is 2. The summed E-state index contributed by atoms with van der Waals surface area (Å²) in [5.41, 5.74) is -0.273. The van der Waals surface area contributed by atoms with Gasteiger partial charge in [0.2, 0.25) is 11.8 Å². The van der Waals surface area contributed by atoms with Crippen molar-refractivity contribution in [1.82, 2.24) is 4.90 Å². The Labute approximate surface area is 148 Å². The number of carbonyl (C=O) groups is 2. The molecule has 0 radical (unpaired) electrons. The Bertz CT molecular complexity index is 772. The average molecular weight is 364 g/mol. The van der Waals surface area contributed by atoms with E-state index in [2.05, 4.69) is 0 Å². The van der Waals surface area contributed by atoms with E-state index in [0.29, 0.717) is 25.8 Å². The minimum Gasteiger partial charge on any atom is -0.338 e. The van der Waals surface area contributed by atoms with Crippen molar-refractivity contribution in [3.8, 4) is 0 Å². The van der Waals surface area contributed by atoms with Crippen LogP contribution in [0.3, 0.4) is 0 Å². The van der Waals surface area contributed by atoms with Crippen LogP contribution in [0.5, 0.6) is 0 Å². The summed E-state index contributed by atoms with van der Waals surface area (Å²) in [4.78, 5) is 29.2. The minimum absolute atomic E-state index is 0.00533. The third kappa shape index (κ3) is 3.29. The van der Waals surface area contributed by atoms with Crippen LogP contribution in [0.15, 0.2) is 30.3 Å². The molecule has 2 amide bonds. The first kappa shape index (κ1) is 17.9. The Morgan fingerprint density at radius 3 is 2.28 bits per heavy atom. The van der Waals surface area contributed by atoms with E-state index in [0.717, 1.165) is 5.69 Å². The van der Waals surface area contributed by atoms with Crippen LogP contribution in [0.4, 0.5) is 5.69 Å². The van der Waals surface area contributed by atoms with Gasteiger partial charge in [-0.25, -0.2) is 8.42 Å². The van der Waals surface area contributed by atoms with Gasteiger partial charge in [-0.1, -0.05) is 18.2 Å². The lowest BCUT2D eigenvalue weighted by Gasteiger charge is -2.32. The fraction of sp³-hybridized carbons (Fsp3) is 0.556. The molecule has 2 fully saturated rings. The Kier molecular flexibility index (Phi) is 4.62. The molecule has 0 spiro atoms. The van der Waals surface area contributed by atoms with Crippen molar-refractivity contribution in [2.75, 3.05) is 30.0 Å². The summed E-state index contributed by atoms with van der Waals surface area (Å²) >= 11 is 0. The van der Waals surface area contributed by atoms with Gasteiger partial charge in [0.15, 0.2) is 9.84 Å². The minimum atomic E-state index is -3.08. The van der Waals surface area contributed by atoms with E-state index in [9.17, 15) is 18.0 Å². The van der Waals surface area contributed by atoms with Crippen LogP contribution in [-0.2, 0) is 19.4 Å². The second kappa shape index (κ2) is 6.44. The molecule has 1 atom stereocenters. The summed E-state index contributed by atoms with van der Waals surface area (Å²) in [6, 6.07) is 8.93. The van der Waals surface area contributed by atoms with Gasteiger partial charge in [-0.3, -0.25) is 9.59 Å². The molecule has 1 aromatic rings. The van der Waals surface area contributed by atoms with E-state index < -0.39 is 15.3 Å². The van der Waals surface area contributed by atoms with E-state index in [4.69, 9.17) is 0 Å². The molecular formula is C18H24N2O4S. The number of carbonyl (C=O) groups excluding carboxylic acids is 2. The summed E-state index contributed by atoms with van der Waals surface area (Å²) in [6.07, 6.45) is 1.51. The molecule has 6 nitrogen and oxygen atoms in total. The fourth-order valence-electron chi connectivity index (χ4n) is 3.60. The molecule has 1 unspecified atom stereocenters. The highest BCUT2D eigenvalue weighted by Gasteiger charge is 2.60. The number of benzene rings is 1. The topological polar surface area (TPSA) is 74.8 Å². The van der Waals surface area contributed by atoms with Gasteiger partial charge in [0.05, 0.1) is 11.5 Å². The third-order valence-corrected chi connectivity index (χ3v) is 7.02. The van der Waals surface area contributed by atoms with E-state index >= 15 is 0 Å². The van der Waals surface area contributed by atoms with E-state index in [1.807, 2.05) is 37.3 Å². The molecule has 1 aliphatic carbocycles. The molecule has 3 rings (SSSR count). The van der Waals surface area contributed by atoms with Crippen molar-refractivity contribution in [3.63, 3.8) is 0 Å². The fourth-order valence-corrected chi connectivity index (χ4v) is 5.33. The van der Waals surface area contributed by atoms with Gasteiger partial charge < -0.3 is 9.80 Å². The van der Waals surface area contributed by atoms with Gasteiger partial charge in [-0.2, -0.15) is 0 Å². The zero-order valence-electron chi connectivity index (χ0n) is 14.6. The second-order valence-corrected chi connectivity index (χ2v) is 9.16. The quantitative estimate of drug-likeness (QED) is 0.742. The molecule has 1 saturated carbocycles. The van der Waals surface area contributed by atoms with Gasteiger partial charge in [-0.15, -0.1) is 0 Å². The molecule has 7 heteroatoms. The van der Waals surface area contributed by atoms with Crippen molar-refractivity contribution in [2.45, 2.75) is 32.2 Å². The zero-order chi connectivity index (χ0) is 18.2. The van der Waals surface area contributed by atoms with E-state index in [1.165, 1.54) is 4.90 Å². The van der Waals surface area contributed by atoms with Crippen molar-refractivity contribution in [3.05, 3.63) is 30.3 Å². The smallest absolute Gasteiger partial charge is 0.242 e. The highest BCUT2D eigenvalue weighted by atomic mass is 32.2. The number of sulfone groups is 1. The molecule has 25 heavy (non-hydrogen) atoms. The van der Waals surface area contributed by atoms with E-state index in [-0.39, 0.29) is 29.4 Å². The monoisotopic (exact) mass is 364 g/mol. The Hall–Kier alpha value is -1.89. The number of anilines is 1. The number of nitrogens with zero attached hydrogens (tertiary/aromatic N) is 2. The first-order chi connectivity index (χ1) is 11.8. The summed E-state index contributed by atoms with van der Waals surface area (Å²) in [5.74, 6) is -0.301. The van der Waals surface area contributed by atoms with Crippen LogP contribution in [0.1, 0.15) is 26.2 Å². The summed E-state index contributed by atoms with van der Waals surface area (Å²) < 4.78 is 23.5. The Balaban J connectivity index is 1.79. The van der Waals surface area contributed by atoms with Gasteiger partial charge in [0, 0.05) is 25.3 Å². The van der Waals surface area contributed by atoms with Gasteiger partial charge in [0.1, 0.15) is 5.41 Å². The first-order valence-corrected chi connectivity index (χ1v) is 10.5. The zero-order valence-corrected chi connectivity index (χ0v) is 15.5. The molecule has 1 aliphatic heterocycles. The van der Waals surface area contributed by atoms with Crippen molar-refractivity contribution in [1.29, 1.82) is 0 Å². The molecule has 1 heterocycles. The standard InChI is InChI=1S/C18H24N2O4S/c1-3-20(15-9-12-25(23,24)13-15)17(22)18(10-11-18)16(21)19(2)14-7-5-4-6-8-14/h4-8,15H,3,9-13H2,1-2H3. The third-order valence-electron chi connectivity index (χ3n) is 5.27. The van der Waals surface area contributed by atoms with Crippen LogP contribution in [-0.4, -0.2) is 56.3 Å². The maximum atomic E-state index is 13.1. The lowest BCUT2D eigenvalue weighted by Crippen LogP contribution is -2.50. The average Bonchev–Trinajstić information content (AvgIpc) is 3.34. The molecule has 2 aliphatic rings. The van der Waals surface area contributed by atoms with Crippen LogP contribution in [0.25, 0.3) is 0 Å². The number of hydrogen-bond acceptors (Lipinski definition) is 4. The maximum Gasteiger partial charge on any atom is 0.242 e. The molecule has 136 valence electrons. The highest BCUT2D eigenvalue weighted by molar-refractivity contribution is 7.91. The highest BCUT2D eigenvalue weighted by Crippen LogP contribution is 2.49. The molecular weight excluding hydrogens is 340 g/mol. The lowest BCUT2D eigenvalue weighted by molar-refractivity contribution is -0.144. The molecule has 0 bridgehead atoms. The van der Waals surface area contributed by atoms with Gasteiger partial charge >= 0.3 is 0 Å². The van der Waals surface area contributed by atoms with Crippen molar-refractivity contribution < 1.29 is 18.0 Å². The largest absolute Gasteiger partial charge is 0.338 e. The predicted molar refractivity (Wildman–Crippen MR) is 96.0 cm³/mol. The van der Waals surface area contributed by atoms with Crippen LogP contribution in [0, 0.1) is 5.41 Å². The van der Waals surface area contributed by atoms with Crippen LogP contribution in [0.2, 0.25) is 0 Å². The molecule has 0 N–H and O–H groups in total. The summed E-state index contributed by atoms with van der Waals surface area (Å²) in [7, 11) is -1.40. The van der Waals surface area contributed by atoms with Crippen molar-refractivity contribution >= 4 is 27.3 Å². The lowest BCUT2D eigenvalue weighted by atomic mass is 10.0. The normalized spacial score (nSPS) is 23.0. The predicted octanol–water partition coefficient (Wildman–Crippen LogP) is 1.47. The van der Waals surface area contributed by atoms with Gasteiger partial charge in [-0.05, 0) is 38.3 Å². The molecule has 1 saturated heterocycles. The molecule has 0 aromatic heterocycles. The summed E-state index contributed by atoms with van der Waals surface area (Å²) in [5, 5.41) is 0. The summed E-state index contributed by atoms with van der Waals surface area (Å²) in [6.45, 7) is 2.26. The van der Waals surface area contributed by atoms with Gasteiger partial charge in [0.25, 0.3) is 0 Å². The maximum absolute atomic E-state index is 13.1. The van der Waals surface area contributed by atoms with Crippen LogP contribution >= 0.6 is 0 Å². The molecule has 1 aromatic carbocycles. The first-order valence-electron chi connectivity index (χ1n) is 8.65. The number of hydrogen-bond donors (Lipinski definition) is 0. The number of para-hydroxylation sites is 1. The number of rotatable bonds is 5. The second-order valence-electron chi connectivity index (χ2n) is 6.93. The SMILES string of the molecule is CCN(C(=O)C1(C(=O)N(C)c2ccccc2)CC1)C1CCS(=O)(=O)C1. The van der Waals surface area contributed by atoms with E-state index in [1.54, 1.807) is 11.9 Å². The van der Waals surface area contributed by atoms with Crippen LogP contribution < -0.4 is 4.90 Å². The Morgan fingerprint density at radius 1 is 1.16 bits per heavy atom. The Morgan fingerprint density at radius 2 is 1.80 bits per heavy atom.